The summed E-state index contributed by atoms with van der Waals surface area (Å²) in [5.41, 5.74) is 15.1. The molecule has 0 amide bonds. The van der Waals surface area contributed by atoms with Crippen molar-refractivity contribution in [1.82, 2.24) is 14.4 Å². The van der Waals surface area contributed by atoms with Gasteiger partial charge in [-0.2, -0.15) is 0 Å². The number of fused-ring (bicyclic) bond motifs is 4. The van der Waals surface area contributed by atoms with Gasteiger partial charge in [0.15, 0.2) is 0 Å². The Labute approximate surface area is 312 Å². The van der Waals surface area contributed by atoms with Gasteiger partial charge in [-0.05, 0) is 64.6 Å². The summed E-state index contributed by atoms with van der Waals surface area (Å²) in [4.78, 5) is 10.3. The topological polar surface area (TPSA) is 50.4 Å². The van der Waals surface area contributed by atoms with Gasteiger partial charge in [0.1, 0.15) is 11.4 Å². The van der Waals surface area contributed by atoms with Crippen molar-refractivity contribution < 1.29 is 26.2 Å². The van der Waals surface area contributed by atoms with E-state index in [-0.39, 0.29) is 32.2 Å². The first-order chi connectivity index (χ1) is 24.4. The van der Waals surface area contributed by atoms with Crippen LogP contribution < -0.4 is 0 Å². The van der Waals surface area contributed by atoms with Gasteiger partial charge < -0.3 is 9.51 Å². The molecule has 0 aliphatic heterocycles. The van der Waals surface area contributed by atoms with E-state index in [4.69, 9.17) is 9.97 Å². The maximum absolute atomic E-state index is 12.1. The number of hydrogen-bond donors (Lipinski definition) is 1. The molecule has 5 aromatic carbocycles. The van der Waals surface area contributed by atoms with Gasteiger partial charge in [0.05, 0.1) is 5.69 Å². The minimum absolute atomic E-state index is 0. The second-order valence-corrected chi connectivity index (χ2v) is 13.6. The first kappa shape index (κ1) is 32.6. The maximum Gasteiger partial charge on any atom is 0.133 e. The molecule has 3 aromatic heterocycles. The Bertz CT molecular complexity index is 2600. The number of aromatic nitrogens is 3. The minimum Gasteiger partial charge on any atom is -0.507 e. The van der Waals surface area contributed by atoms with Gasteiger partial charge >= 0.3 is 0 Å². The zero-order valence-electron chi connectivity index (χ0n) is 28.5. The van der Waals surface area contributed by atoms with Crippen LogP contribution in [0.2, 0.25) is 0 Å². The van der Waals surface area contributed by atoms with Crippen molar-refractivity contribution in [2.75, 3.05) is 0 Å². The van der Waals surface area contributed by atoms with Crippen LogP contribution in [0, 0.1) is 13.0 Å². The number of nitrogens with zero attached hydrogens (tertiary/aromatic N) is 3. The van der Waals surface area contributed by atoms with Gasteiger partial charge in [-0.3, -0.25) is 9.97 Å². The molecule has 3 heterocycles. The second kappa shape index (κ2) is 12.6. The molecule has 1 N–H and O–H groups in total. The number of pyridine rings is 2. The SMILES string of the molecule is Cc1cccc(-c2cc(-c3[c-]c(-c4nc5ccccn5c4-c4ccccc4)ccc3)nc(-c3ccc4c(c3O)-c3ccccc3C4(C)C)c2)c1.[Pt]. The fraction of sp³-hybridized carbons (Fsp3) is 0.0870. The minimum atomic E-state index is -0.212. The Hall–Kier alpha value is -5.57. The summed E-state index contributed by atoms with van der Waals surface area (Å²) in [6.07, 6.45) is 2.06. The summed E-state index contributed by atoms with van der Waals surface area (Å²) in [7, 11) is 0. The average molecular weight is 840 g/mol. The quantitative estimate of drug-likeness (QED) is 0.176. The number of aryl methyl sites for hydroxylation is 1. The van der Waals surface area contributed by atoms with E-state index >= 15 is 0 Å². The number of imidazole rings is 1. The Morgan fingerprint density at radius 3 is 2.18 bits per heavy atom. The molecule has 0 atom stereocenters. The van der Waals surface area contributed by atoms with E-state index in [1.54, 1.807) is 0 Å². The molecule has 0 bridgehead atoms. The van der Waals surface area contributed by atoms with E-state index in [0.717, 1.165) is 67.2 Å². The van der Waals surface area contributed by atoms with Crippen LogP contribution >= 0.6 is 0 Å². The van der Waals surface area contributed by atoms with Crippen molar-refractivity contribution in [3.05, 3.63) is 168 Å². The predicted octanol–water partition coefficient (Wildman–Crippen LogP) is 11.2. The van der Waals surface area contributed by atoms with Crippen molar-refractivity contribution in [1.29, 1.82) is 0 Å². The number of hydrogen-bond acceptors (Lipinski definition) is 3. The monoisotopic (exact) mass is 839 g/mol. The first-order valence-electron chi connectivity index (χ1n) is 17.0. The third kappa shape index (κ3) is 5.42. The van der Waals surface area contributed by atoms with E-state index in [1.807, 2.05) is 42.5 Å². The summed E-state index contributed by atoms with van der Waals surface area (Å²) in [5.74, 6) is 0.260. The first-order valence-corrected chi connectivity index (χ1v) is 17.0. The van der Waals surface area contributed by atoms with Gasteiger partial charge in [0.2, 0.25) is 0 Å². The number of aromatic hydroxyl groups is 1. The molecule has 4 nitrogen and oxygen atoms in total. The van der Waals surface area contributed by atoms with Crippen LogP contribution in [-0.2, 0) is 26.5 Å². The van der Waals surface area contributed by atoms with Crippen molar-refractivity contribution >= 4 is 5.65 Å². The number of phenolic OH excluding ortho intramolecular Hbond substituents is 1. The predicted molar refractivity (Wildman–Crippen MR) is 203 cm³/mol. The smallest absolute Gasteiger partial charge is 0.133 e. The van der Waals surface area contributed by atoms with Crippen molar-refractivity contribution in [3.8, 4) is 73.0 Å². The van der Waals surface area contributed by atoms with Gasteiger partial charge in [-0.1, -0.05) is 128 Å². The van der Waals surface area contributed by atoms with Crippen LogP contribution in [0.3, 0.4) is 0 Å². The number of phenols is 1. The molecule has 0 fully saturated rings. The maximum atomic E-state index is 12.1. The van der Waals surface area contributed by atoms with Crippen LogP contribution in [-0.4, -0.2) is 19.5 Å². The third-order valence-corrected chi connectivity index (χ3v) is 10.1. The van der Waals surface area contributed by atoms with Crippen molar-refractivity contribution in [3.63, 3.8) is 0 Å². The number of rotatable bonds is 5. The zero-order chi connectivity index (χ0) is 34.0. The molecule has 1 aliphatic carbocycles. The van der Waals surface area contributed by atoms with E-state index in [0.29, 0.717) is 11.3 Å². The molecular formula is C46H34N3OPt-. The summed E-state index contributed by atoms with van der Waals surface area (Å²) in [5, 5.41) is 12.1. The molecule has 51 heavy (non-hydrogen) atoms. The summed E-state index contributed by atoms with van der Waals surface area (Å²) >= 11 is 0. The standard InChI is InChI=1S/C46H34N3O.Pt/c1-29-13-11-16-31(25-29)34-27-39(47-40(28-34)36-22-23-38-42(45(36)50)35-19-7-8-20-37(35)46(38,2)3)32-17-12-18-33(26-32)43-44(30-14-5-4-6-15-30)49-24-10-9-21-41(49)48-43;/h4-25,27-28,50H,1-3H3;/q-1;. The zero-order valence-corrected chi connectivity index (χ0v) is 30.7. The molecule has 0 radical (unpaired) electrons. The van der Waals surface area contributed by atoms with Gasteiger partial charge in [0.25, 0.3) is 0 Å². The fourth-order valence-electron chi connectivity index (χ4n) is 7.59. The van der Waals surface area contributed by atoms with Gasteiger partial charge in [-0.15, -0.1) is 24.3 Å². The molecule has 0 saturated heterocycles. The molecule has 0 unspecified atom stereocenters. The van der Waals surface area contributed by atoms with E-state index in [9.17, 15) is 5.11 Å². The van der Waals surface area contributed by atoms with Gasteiger partial charge in [-0.25, -0.2) is 0 Å². The fourth-order valence-corrected chi connectivity index (χ4v) is 7.59. The molecule has 0 spiro atoms. The normalized spacial score (nSPS) is 12.7. The van der Waals surface area contributed by atoms with E-state index in [2.05, 4.69) is 134 Å². The largest absolute Gasteiger partial charge is 0.507 e. The van der Waals surface area contributed by atoms with Crippen LogP contribution in [0.1, 0.15) is 30.5 Å². The second-order valence-electron chi connectivity index (χ2n) is 13.6. The summed E-state index contributed by atoms with van der Waals surface area (Å²) in [6, 6.07) is 51.6. The van der Waals surface area contributed by atoms with Crippen LogP contribution in [0.5, 0.6) is 5.75 Å². The third-order valence-electron chi connectivity index (χ3n) is 10.1. The number of benzene rings is 5. The van der Waals surface area contributed by atoms with Crippen LogP contribution in [0.15, 0.2) is 146 Å². The molecule has 5 heteroatoms. The van der Waals surface area contributed by atoms with Gasteiger partial charge in [0, 0.05) is 60.9 Å². The van der Waals surface area contributed by atoms with E-state index < -0.39 is 0 Å². The Balaban J connectivity index is 0.00000374. The molecule has 0 saturated carbocycles. The Kier molecular flexibility index (Phi) is 8.08. The molecular weight excluding hydrogens is 806 g/mol. The van der Waals surface area contributed by atoms with E-state index in [1.165, 1.54) is 11.1 Å². The van der Waals surface area contributed by atoms with Crippen molar-refractivity contribution in [2.45, 2.75) is 26.2 Å². The Morgan fingerprint density at radius 2 is 1.33 bits per heavy atom. The average Bonchev–Trinajstić information content (AvgIpc) is 3.65. The molecule has 1 aliphatic rings. The summed E-state index contributed by atoms with van der Waals surface area (Å²) in [6.45, 7) is 6.55. The molecule has 250 valence electrons. The van der Waals surface area contributed by atoms with Crippen LogP contribution in [0.25, 0.3) is 72.9 Å². The van der Waals surface area contributed by atoms with Crippen LogP contribution in [0.4, 0.5) is 0 Å². The molecule has 8 aromatic rings. The van der Waals surface area contributed by atoms with Crippen molar-refractivity contribution in [2.24, 2.45) is 0 Å². The Morgan fingerprint density at radius 1 is 0.608 bits per heavy atom. The summed E-state index contributed by atoms with van der Waals surface area (Å²) < 4.78 is 2.13. The molecule has 9 rings (SSSR count).